The number of carbonyl (C=O) groups is 3. The number of fused-ring (bicyclic) bond motifs is 3. The van der Waals surface area contributed by atoms with E-state index in [4.69, 9.17) is 4.74 Å². The number of rotatable bonds is 12. The minimum absolute atomic E-state index is 0.0998. The smallest absolute Gasteiger partial charge is 0.407 e. The molecule has 0 saturated heterocycles. The number of aliphatic carboxylic acids is 1. The van der Waals surface area contributed by atoms with Gasteiger partial charge in [-0.05, 0) is 40.8 Å². The normalized spacial score (nSPS) is 13.8. The third-order valence-corrected chi connectivity index (χ3v) is 7.27. The van der Waals surface area contributed by atoms with E-state index in [1.54, 1.807) is 0 Å². The van der Waals surface area contributed by atoms with Crippen LogP contribution in [-0.4, -0.2) is 60.3 Å². The second kappa shape index (κ2) is 13.3. The molecule has 210 valence electrons. The average Bonchev–Trinajstić information content (AvgIpc) is 3.25. The number of amides is 2. The Bertz CT molecular complexity index is 1280. The molecule has 2 unspecified atom stereocenters. The number of likely N-dealkylation sites (N-methyl/N-ethyl adjacent to an activating group) is 1. The fourth-order valence-electron chi connectivity index (χ4n) is 5.17. The fraction of sp³-hybridized carbons (Fsp3) is 0.344. The Labute approximate surface area is 235 Å². The number of hydrogen-bond donors (Lipinski definition) is 3. The lowest BCUT2D eigenvalue weighted by atomic mass is 9.98. The van der Waals surface area contributed by atoms with Gasteiger partial charge in [0, 0.05) is 25.0 Å². The van der Waals surface area contributed by atoms with Gasteiger partial charge in [-0.25, -0.2) is 4.79 Å². The molecule has 0 bridgehead atoms. The number of nitrogens with zero attached hydrogens (tertiary/aromatic N) is 1. The molecule has 0 heterocycles. The summed E-state index contributed by atoms with van der Waals surface area (Å²) in [6.07, 6.45) is -0.907. The number of hydrogen-bond acceptors (Lipinski definition) is 5. The van der Waals surface area contributed by atoms with Crippen molar-refractivity contribution in [2.45, 2.75) is 44.8 Å². The van der Waals surface area contributed by atoms with Gasteiger partial charge in [0.25, 0.3) is 0 Å². The highest BCUT2D eigenvalue weighted by Crippen LogP contribution is 2.44. The lowest BCUT2D eigenvalue weighted by Crippen LogP contribution is -2.55. The van der Waals surface area contributed by atoms with Crippen LogP contribution >= 0.6 is 0 Å². The topological polar surface area (TPSA) is 108 Å². The van der Waals surface area contributed by atoms with Crippen LogP contribution < -0.4 is 10.6 Å². The molecule has 1 aliphatic carbocycles. The monoisotopic (exact) mass is 543 g/mol. The Kier molecular flexibility index (Phi) is 9.56. The van der Waals surface area contributed by atoms with Gasteiger partial charge in [0.2, 0.25) is 5.91 Å². The Morgan fingerprint density at radius 3 is 2.02 bits per heavy atom. The molecule has 0 saturated carbocycles. The molecule has 0 spiro atoms. The van der Waals surface area contributed by atoms with Gasteiger partial charge in [-0.3, -0.25) is 14.5 Å². The van der Waals surface area contributed by atoms with Crippen molar-refractivity contribution in [3.63, 3.8) is 0 Å². The van der Waals surface area contributed by atoms with Crippen LogP contribution in [0, 0.1) is 5.92 Å². The predicted octanol–water partition coefficient (Wildman–Crippen LogP) is 4.64. The minimum Gasteiger partial charge on any atom is -0.481 e. The van der Waals surface area contributed by atoms with Crippen LogP contribution in [0.3, 0.4) is 0 Å². The number of benzene rings is 3. The van der Waals surface area contributed by atoms with Crippen LogP contribution in [0.1, 0.15) is 42.9 Å². The second-order valence-corrected chi connectivity index (χ2v) is 10.7. The van der Waals surface area contributed by atoms with E-state index in [9.17, 15) is 19.5 Å². The number of alkyl carbamates (subject to hydrolysis) is 1. The number of carboxylic acids is 1. The number of ether oxygens (including phenoxy) is 1. The Balaban J connectivity index is 1.45. The third kappa shape index (κ3) is 7.27. The largest absolute Gasteiger partial charge is 0.481 e. The maximum absolute atomic E-state index is 13.3. The SMILES string of the molecule is CC(C)C(CC(=O)O)NC(=O)C(CN(C)Cc1ccccc1)NC(=O)OCC1c2ccccc2-c2ccccc21. The number of carboxylic acid groups (broad SMARTS) is 1. The molecule has 0 aromatic heterocycles. The molecule has 2 amide bonds. The van der Waals surface area contributed by atoms with Crippen molar-refractivity contribution in [2.75, 3.05) is 20.2 Å². The first-order valence-corrected chi connectivity index (χ1v) is 13.6. The summed E-state index contributed by atoms with van der Waals surface area (Å²) >= 11 is 0. The molecule has 3 N–H and O–H groups in total. The summed E-state index contributed by atoms with van der Waals surface area (Å²) in [7, 11) is 1.86. The lowest BCUT2D eigenvalue weighted by molar-refractivity contribution is -0.138. The predicted molar refractivity (Wildman–Crippen MR) is 154 cm³/mol. The van der Waals surface area contributed by atoms with E-state index in [1.165, 1.54) is 0 Å². The van der Waals surface area contributed by atoms with Crippen molar-refractivity contribution in [1.82, 2.24) is 15.5 Å². The molecule has 0 aliphatic heterocycles. The molecular formula is C32H37N3O5. The summed E-state index contributed by atoms with van der Waals surface area (Å²) in [4.78, 5) is 39.7. The van der Waals surface area contributed by atoms with E-state index in [0.29, 0.717) is 6.54 Å². The van der Waals surface area contributed by atoms with Crippen LogP contribution in [0.15, 0.2) is 78.9 Å². The summed E-state index contributed by atoms with van der Waals surface area (Å²) in [5.74, 6) is -1.65. The molecule has 40 heavy (non-hydrogen) atoms. The highest BCUT2D eigenvalue weighted by atomic mass is 16.5. The van der Waals surface area contributed by atoms with E-state index in [0.717, 1.165) is 27.8 Å². The zero-order chi connectivity index (χ0) is 28.6. The zero-order valence-corrected chi connectivity index (χ0v) is 23.2. The summed E-state index contributed by atoms with van der Waals surface area (Å²) in [6, 6.07) is 24.5. The van der Waals surface area contributed by atoms with E-state index in [-0.39, 0.29) is 31.4 Å². The minimum atomic E-state index is -0.999. The van der Waals surface area contributed by atoms with Crippen LogP contribution in [0.5, 0.6) is 0 Å². The molecular weight excluding hydrogens is 506 g/mol. The maximum Gasteiger partial charge on any atom is 0.407 e. The second-order valence-electron chi connectivity index (χ2n) is 10.7. The fourth-order valence-corrected chi connectivity index (χ4v) is 5.17. The van der Waals surface area contributed by atoms with E-state index < -0.39 is 30.1 Å². The van der Waals surface area contributed by atoms with E-state index >= 15 is 0 Å². The molecule has 1 aliphatic rings. The molecule has 0 fully saturated rings. The first-order valence-electron chi connectivity index (χ1n) is 13.6. The Hall–Kier alpha value is -4.17. The standard InChI is InChI=1S/C32H37N3O5/c1-21(2)28(17-30(36)37)33-31(38)29(19-35(3)18-22-11-5-4-6-12-22)34-32(39)40-20-27-25-15-9-7-13-23(25)24-14-8-10-16-26(24)27/h4-16,21,27-29H,17-20H2,1-3H3,(H,33,38)(H,34,39)(H,36,37). The highest BCUT2D eigenvalue weighted by molar-refractivity contribution is 5.86. The van der Waals surface area contributed by atoms with Crippen molar-refractivity contribution in [3.05, 3.63) is 95.6 Å². The van der Waals surface area contributed by atoms with Gasteiger partial charge in [-0.15, -0.1) is 0 Å². The summed E-state index contributed by atoms with van der Waals surface area (Å²) in [6.45, 7) is 4.61. The van der Waals surface area contributed by atoms with Gasteiger partial charge in [0.05, 0.1) is 6.42 Å². The summed E-state index contributed by atoms with van der Waals surface area (Å²) in [5.41, 5.74) is 5.52. The highest BCUT2D eigenvalue weighted by Gasteiger charge is 2.31. The quantitative estimate of drug-likeness (QED) is 0.307. The van der Waals surface area contributed by atoms with Gasteiger partial charge in [-0.2, -0.15) is 0 Å². The molecule has 2 atom stereocenters. The van der Waals surface area contributed by atoms with Crippen LogP contribution in [0.4, 0.5) is 4.79 Å². The van der Waals surface area contributed by atoms with Crippen molar-refractivity contribution in [1.29, 1.82) is 0 Å². The first kappa shape index (κ1) is 28.8. The molecule has 8 nitrogen and oxygen atoms in total. The molecule has 0 radical (unpaired) electrons. The van der Waals surface area contributed by atoms with Crippen LogP contribution in [0.2, 0.25) is 0 Å². The van der Waals surface area contributed by atoms with E-state index in [2.05, 4.69) is 22.8 Å². The number of nitrogens with one attached hydrogen (secondary N) is 2. The summed E-state index contributed by atoms with van der Waals surface area (Å²) < 4.78 is 5.69. The van der Waals surface area contributed by atoms with Crippen LogP contribution in [-0.2, 0) is 20.9 Å². The van der Waals surface area contributed by atoms with Gasteiger partial charge in [0.1, 0.15) is 12.6 Å². The maximum atomic E-state index is 13.3. The van der Waals surface area contributed by atoms with Crippen LogP contribution in [0.25, 0.3) is 11.1 Å². The van der Waals surface area contributed by atoms with E-state index in [1.807, 2.05) is 92.5 Å². The molecule has 3 aromatic carbocycles. The molecule has 3 aromatic rings. The Morgan fingerprint density at radius 2 is 1.45 bits per heavy atom. The first-order chi connectivity index (χ1) is 19.2. The van der Waals surface area contributed by atoms with Crippen molar-refractivity contribution in [2.24, 2.45) is 5.92 Å². The van der Waals surface area contributed by atoms with Gasteiger partial charge < -0.3 is 20.5 Å². The molecule has 4 rings (SSSR count). The van der Waals surface area contributed by atoms with Gasteiger partial charge in [0.15, 0.2) is 0 Å². The third-order valence-electron chi connectivity index (χ3n) is 7.27. The lowest BCUT2D eigenvalue weighted by Gasteiger charge is -2.27. The summed E-state index contributed by atoms with van der Waals surface area (Å²) in [5, 5.41) is 14.9. The number of carbonyl (C=O) groups excluding carboxylic acids is 2. The molecule has 8 heteroatoms. The van der Waals surface area contributed by atoms with Gasteiger partial charge >= 0.3 is 12.1 Å². The Morgan fingerprint density at radius 1 is 0.875 bits per heavy atom. The zero-order valence-electron chi connectivity index (χ0n) is 23.2. The van der Waals surface area contributed by atoms with Crippen molar-refractivity contribution in [3.8, 4) is 11.1 Å². The van der Waals surface area contributed by atoms with Crippen molar-refractivity contribution >= 4 is 18.0 Å². The van der Waals surface area contributed by atoms with Gasteiger partial charge in [-0.1, -0.05) is 92.7 Å². The average molecular weight is 544 g/mol. The van der Waals surface area contributed by atoms with Crippen molar-refractivity contribution < 1.29 is 24.2 Å².